The number of halogens is 4. The molecule has 2 atom stereocenters. The normalized spacial score (nSPS) is 22.6. The molecule has 0 amide bonds. The maximum atomic E-state index is 14.5. The molecule has 3 aliphatic rings. The van der Waals surface area contributed by atoms with Gasteiger partial charge in [-0.2, -0.15) is 0 Å². The van der Waals surface area contributed by atoms with Crippen molar-refractivity contribution in [3.8, 4) is 11.3 Å². The average Bonchev–Trinajstić information content (AvgIpc) is 3.60. The van der Waals surface area contributed by atoms with Crippen LogP contribution >= 0.6 is 0 Å². The number of nitrogens with zero attached hydrogens (tertiary/aromatic N) is 3. The number of hydrogen-bond donors (Lipinski definition) is 2. The number of rotatable bonds is 4. The molecule has 2 N–H and O–H groups in total. The van der Waals surface area contributed by atoms with E-state index in [1.807, 2.05) is 11.0 Å². The summed E-state index contributed by atoms with van der Waals surface area (Å²) in [4.78, 5) is 10.9. The summed E-state index contributed by atoms with van der Waals surface area (Å²) < 4.78 is 61.5. The molecule has 5 heterocycles. The van der Waals surface area contributed by atoms with Gasteiger partial charge in [0.1, 0.15) is 29.8 Å². The molecule has 3 aliphatic heterocycles. The molecule has 2 unspecified atom stereocenters. The summed E-state index contributed by atoms with van der Waals surface area (Å²) in [5.41, 5.74) is 2.82. The first-order valence-corrected chi connectivity index (χ1v) is 11.1. The Morgan fingerprint density at radius 2 is 1.85 bits per heavy atom. The predicted molar refractivity (Wildman–Crippen MR) is 118 cm³/mol. The summed E-state index contributed by atoms with van der Waals surface area (Å²) in [6, 6.07) is 8.88. The molecular formula is C24H21F4N5O. The predicted octanol–water partition coefficient (Wildman–Crippen LogP) is 4.90. The maximum absolute atomic E-state index is 14.5. The third kappa shape index (κ3) is 3.86. The van der Waals surface area contributed by atoms with Crippen LogP contribution in [0.1, 0.15) is 30.2 Å². The van der Waals surface area contributed by atoms with Crippen molar-refractivity contribution in [1.82, 2.24) is 15.3 Å². The number of benzene rings is 1. The largest absolute Gasteiger partial charge is 0.370 e. The first-order chi connectivity index (χ1) is 16.4. The number of alkyl halides is 2. The van der Waals surface area contributed by atoms with E-state index in [0.29, 0.717) is 23.7 Å². The molecule has 34 heavy (non-hydrogen) atoms. The molecule has 0 bridgehead atoms. The van der Waals surface area contributed by atoms with Crippen molar-refractivity contribution in [1.29, 1.82) is 0 Å². The van der Waals surface area contributed by atoms with E-state index in [9.17, 15) is 17.6 Å². The fourth-order valence-corrected chi connectivity index (χ4v) is 4.60. The third-order valence-electron chi connectivity index (χ3n) is 6.47. The van der Waals surface area contributed by atoms with Crippen molar-refractivity contribution in [2.75, 3.05) is 23.3 Å². The first kappa shape index (κ1) is 21.3. The Morgan fingerprint density at radius 3 is 2.56 bits per heavy atom. The second kappa shape index (κ2) is 7.92. The van der Waals surface area contributed by atoms with Crippen LogP contribution in [0.15, 0.2) is 42.6 Å². The third-order valence-corrected chi connectivity index (χ3v) is 6.47. The number of epoxide rings is 1. The molecule has 2 aromatic heterocycles. The van der Waals surface area contributed by atoms with Gasteiger partial charge in [0.25, 0.3) is 5.92 Å². The minimum Gasteiger partial charge on any atom is -0.370 e. The van der Waals surface area contributed by atoms with E-state index in [4.69, 9.17) is 4.74 Å². The van der Waals surface area contributed by atoms with Crippen LogP contribution in [0.3, 0.4) is 0 Å². The van der Waals surface area contributed by atoms with Crippen LogP contribution in [0, 0.1) is 11.6 Å². The second-order valence-corrected chi connectivity index (χ2v) is 8.74. The van der Waals surface area contributed by atoms with Gasteiger partial charge in [0.2, 0.25) is 0 Å². The van der Waals surface area contributed by atoms with Gasteiger partial charge in [-0.05, 0) is 30.3 Å². The van der Waals surface area contributed by atoms with E-state index >= 15 is 0 Å². The van der Waals surface area contributed by atoms with Gasteiger partial charge in [0.15, 0.2) is 0 Å². The van der Waals surface area contributed by atoms with Gasteiger partial charge >= 0.3 is 0 Å². The quantitative estimate of drug-likeness (QED) is 0.417. The summed E-state index contributed by atoms with van der Waals surface area (Å²) in [6.07, 6.45) is 0.963. The molecule has 3 aromatic rings. The van der Waals surface area contributed by atoms with Crippen LogP contribution in [0.25, 0.3) is 11.3 Å². The summed E-state index contributed by atoms with van der Waals surface area (Å²) in [7, 11) is 0. The van der Waals surface area contributed by atoms with Crippen molar-refractivity contribution in [3.05, 3.63) is 65.5 Å². The lowest BCUT2D eigenvalue weighted by Gasteiger charge is -2.33. The molecule has 2 fully saturated rings. The maximum Gasteiger partial charge on any atom is 0.251 e. The van der Waals surface area contributed by atoms with Crippen LogP contribution in [0.5, 0.6) is 0 Å². The van der Waals surface area contributed by atoms with Gasteiger partial charge in [-0.3, -0.25) is 10.3 Å². The highest BCUT2D eigenvalue weighted by Crippen LogP contribution is 2.46. The molecule has 0 saturated carbocycles. The van der Waals surface area contributed by atoms with E-state index in [1.54, 1.807) is 18.3 Å². The van der Waals surface area contributed by atoms with E-state index in [2.05, 4.69) is 20.6 Å². The van der Waals surface area contributed by atoms with E-state index in [-0.39, 0.29) is 49.5 Å². The lowest BCUT2D eigenvalue weighted by atomic mass is 10.0. The van der Waals surface area contributed by atoms with Crippen molar-refractivity contribution in [2.24, 2.45) is 0 Å². The summed E-state index contributed by atoms with van der Waals surface area (Å²) in [5.74, 6) is -3.50. The van der Waals surface area contributed by atoms with Crippen molar-refractivity contribution in [3.63, 3.8) is 0 Å². The summed E-state index contributed by atoms with van der Waals surface area (Å²) in [6.45, 7) is 0.940. The number of ether oxygens (including phenoxy) is 1. The standard InChI is InChI=1S/C24H21F4N5O/c25-14-2-1-3-15(26)20(14)16-10-17(21-18(31-16)12-30-23-22(21)34-23)32-19-5-4-13(11-29-19)33-8-6-24(27,28)7-9-33/h1-5,10-11,22-23,30H,6-9,12H2,(H,29,31,32). The highest BCUT2D eigenvalue weighted by molar-refractivity contribution is 5.72. The van der Waals surface area contributed by atoms with Gasteiger partial charge in [-0.25, -0.2) is 22.5 Å². The second-order valence-electron chi connectivity index (χ2n) is 8.74. The Labute approximate surface area is 193 Å². The molecule has 0 aliphatic carbocycles. The first-order valence-electron chi connectivity index (χ1n) is 11.1. The summed E-state index contributed by atoms with van der Waals surface area (Å²) in [5, 5.41) is 6.43. The smallest absolute Gasteiger partial charge is 0.251 e. The molecule has 1 aromatic carbocycles. The SMILES string of the molecule is Fc1cccc(F)c1-c1cc(Nc2ccc(N3CCC(F)(F)CC3)cn2)c2c(n1)CNC1OC21. The van der Waals surface area contributed by atoms with Gasteiger partial charge in [-0.1, -0.05) is 6.07 Å². The van der Waals surface area contributed by atoms with Gasteiger partial charge in [0.05, 0.1) is 28.8 Å². The van der Waals surface area contributed by atoms with Gasteiger partial charge < -0.3 is 15.0 Å². The van der Waals surface area contributed by atoms with Crippen molar-refractivity contribution >= 4 is 17.2 Å². The highest BCUT2D eigenvalue weighted by atomic mass is 19.3. The molecular weight excluding hydrogens is 450 g/mol. The van der Waals surface area contributed by atoms with E-state index < -0.39 is 17.6 Å². The van der Waals surface area contributed by atoms with Crippen LogP contribution in [-0.4, -0.2) is 35.2 Å². The van der Waals surface area contributed by atoms with Crippen LogP contribution in [0.4, 0.5) is 34.8 Å². The molecule has 0 radical (unpaired) electrons. The zero-order chi connectivity index (χ0) is 23.4. The number of nitrogens with one attached hydrogen (secondary N) is 2. The molecule has 6 rings (SSSR count). The average molecular weight is 471 g/mol. The molecule has 6 nitrogen and oxygen atoms in total. The number of hydrogen-bond acceptors (Lipinski definition) is 6. The van der Waals surface area contributed by atoms with Crippen molar-refractivity contribution < 1.29 is 22.3 Å². The summed E-state index contributed by atoms with van der Waals surface area (Å²) >= 11 is 0. The Balaban J connectivity index is 1.32. The minimum atomic E-state index is -2.61. The molecule has 0 spiro atoms. The number of fused-ring (bicyclic) bond motifs is 3. The Kier molecular flexibility index (Phi) is 4.96. The van der Waals surface area contributed by atoms with Crippen LogP contribution in [0.2, 0.25) is 0 Å². The zero-order valence-corrected chi connectivity index (χ0v) is 18.0. The lowest BCUT2D eigenvalue weighted by molar-refractivity contribution is -0.0220. The Hall–Kier alpha value is -3.24. The van der Waals surface area contributed by atoms with Crippen molar-refractivity contribution in [2.45, 2.75) is 37.6 Å². The number of anilines is 3. The van der Waals surface area contributed by atoms with Crippen LogP contribution in [-0.2, 0) is 11.3 Å². The fraction of sp³-hybridized carbons (Fsp3) is 0.333. The lowest BCUT2D eigenvalue weighted by Crippen LogP contribution is -2.39. The molecule has 10 heteroatoms. The monoisotopic (exact) mass is 471 g/mol. The zero-order valence-electron chi connectivity index (χ0n) is 18.0. The topological polar surface area (TPSA) is 65.6 Å². The Bertz CT molecular complexity index is 1220. The minimum absolute atomic E-state index is 0.113. The number of piperidine rings is 1. The number of aromatic nitrogens is 2. The van der Waals surface area contributed by atoms with E-state index in [0.717, 1.165) is 11.3 Å². The van der Waals surface area contributed by atoms with E-state index in [1.165, 1.54) is 18.2 Å². The van der Waals surface area contributed by atoms with Gasteiger partial charge in [-0.15, -0.1) is 0 Å². The fourth-order valence-electron chi connectivity index (χ4n) is 4.60. The number of pyridine rings is 2. The Morgan fingerprint density at radius 1 is 1.09 bits per heavy atom. The molecule has 2 saturated heterocycles. The highest BCUT2D eigenvalue weighted by Gasteiger charge is 2.46. The molecule has 176 valence electrons. The van der Waals surface area contributed by atoms with Gasteiger partial charge in [0, 0.05) is 43.7 Å². The van der Waals surface area contributed by atoms with Crippen LogP contribution < -0.4 is 15.5 Å².